The maximum absolute atomic E-state index is 13.1. The van der Waals surface area contributed by atoms with Gasteiger partial charge in [0, 0.05) is 13.2 Å². The molecule has 0 aliphatic heterocycles. The second kappa shape index (κ2) is 8.36. The Hall–Kier alpha value is -3.25. The van der Waals surface area contributed by atoms with Gasteiger partial charge in [-0.05, 0) is 43.7 Å². The number of amides is 1. The standard InChI is InChI=1S/C20H20F3N5O3S/c1-12(14-5-4-6-16(9-14)32(24,30)31)27(3)19(29)17-11-26-28(13(17)2)18-8-7-15(10-25-18)20(21,22)23/h4-12H,1-3H3,(H2,24,30,31). The first-order valence-electron chi connectivity index (χ1n) is 9.29. The van der Waals surface area contributed by atoms with E-state index in [1.165, 1.54) is 40.0 Å². The van der Waals surface area contributed by atoms with Gasteiger partial charge in [-0.15, -0.1) is 0 Å². The summed E-state index contributed by atoms with van der Waals surface area (Å²) in [6.45, 7) is 3.32. The molecule has 2 heterocycles. The van der Waals surface area contributed by atoms with Crippen LogP contribution < -0.4 is 5.14 Å². The number of alkyl halides is 3. The lowest BCUT2D eigenvalue weighted by Crippen LogP contribution is -2.30. The molecule has 1 amide bonds. The molecular formula is C20H20F3N5O3S. The van der Waals surface area contributed by atoms with E-state index in [9.17, 15) is 26.4 Å². The SMILES string of the molecule is Cc1c(C(=O)N(C)C(C)c2cccc(S(N)(=O)=O)c2)cnn1-c1ccc(C(F)(F)F)cn1. The van der Waals surface area contributed by atoms with E-state index in [0.29, 0.717) is 17.5 Å². The molecule has 3 aromatic rings. The first-order valence-corrected chi connectivity index (χ1v) is 10.8. The molecule has 0 aliphatic rings. The summed E-state index contributed by atoms with van der Waals surface area (Å²) in [5.74, 6) is -0.278. The molecular weight excluding hydrogens is 447 g/mol. The van der Waals surface area contributed by atoms with E-state index in [2.05, 4.69) is 10.1 Å². The van der Waals surface area contributed by atoms with Crippen LogP contribution in [0.4, 0.5) is 13.2 Å². The summed E-state index contributed by atoms with van der Waals surface area (Å²) in [5.41, 5.74) is 0.280. The molecule has 0 aliphatic carbocycles. The number of aromatic nitrogens is 3. The third-order valence-electron chi connectivity index (χ3n) is 5.10. The van der Waals surface area contributed by atoms with Crippen molar-refractivity contribution >= 4 is 15.9 Å². The Morgan fingerprint density at radius 3 is 2.44 bits per heavy atom. The van der Waals surface area contributed by atoms with E-state index < -0.39 is 33.7 Å². The van der Waals surface area contributed by atoms with Gasteiger partial charge in [-0.25, -0.2) is 23.2 Å². The first kappa shape index (κ1) is 23.4. The van der Waals surface area contributed by atoms with Crippen molar-refractivity contribution in [1.82, 2.24) is 19.7 Å². The predicted octanol–water partition coefficient (Wildman–Crippen LogP) is 3.08. The van der Waals surface area contributed by atoms with Crippen molar-refractivity contribution in [2.24, 2.45) is 5.14 Å². The second-order valence-electron chi connectivity index (χ2n) is 7.17. The van der Waals surface area contributed by atoms with Crippen molar-refractivity contribution < 1.29 is 26.4 Å². The van der Waals surface area contributed by atoms with Crippen LogP contribution in [0.1, 0.15) is 40.1 Å². The van der Waals surface area contributed by atoms with Gasteiger partial charge >= 0.3 is 6.18 Å². The number of nitrogens with zero attached hydrogens (tertiary/aromatic N) is 4. The molecule has 1 unspecified atom stereocenters. The van der Waals surface area contributed by atoms with Gasteiger partial charge in [0.15, 0.2) is 5.82 Å². The van der Waals surface area contributed by atoms with E-state index in [0.717, 1.165) is 6.07 Å². The number of nitrogens with two attached hydrogens (primary N) is 1. The number of benzene rings is 1. The molecule has 2 N–H and O–H groups in total. The molecule has 32 heavy (non-hydrogen) atoms. The normalized spacial score (nSPS) is 13.1. The van der Waals surface area contributed by atoms with Crippen molar-refractivity contribution in [1.29, 1.82) is 0 Å². The molecule has 3 rings (SSSR count). The number of primary sulfonamides is 1. The lowest BCUT2D eigenvalue weighted by Gasteiger charge is -2.25. The van der Waals surface area contributed by atoms with Gasteiger partial charge in [0.25, 0.3) is 5.91 Å². The van der Waals surface area contributed by atoms with Crippen molar-refractivity contribution in [3.05, 3.63) is 71.2 Å². The average molecular weight is 467 g/mol. The molecule has 0 bridgehead atoms. The molecule has 0 spiro atoms. The molecule has 8 nitrogen and oxygen atoms in total. The number of sulfonamides is 1. The zero-order valence-electron chi connectivity index (χ0n) is 17.3. The van der Waals surface area contributed by atoms with Crippen molar-refractivity contribution in [3.8, 4) is 5.82 Å². The van der Waals surface area contributed by atoms with Gasteiger partial charge in [-0.1, -0.05) is 12.1 Å². The van der Waals surface area contributed by atoms with Crippen LogP contribution in [0.25, 0.3) is 5.82 Å². The Labute approximate surface area is 182 Å². The van der Waals surface area contributed by atoms with E-state index in [1.54, 1.807) is 27.0 Å². The molecule has 1 aromatic carbocycles. The van der Waals surface area contributed by atoms with Gasteiger partial charge in [0.2, 0.25) is 10.0 Å². The number of carbonyl (C=O) groups excluding carboxylic acids is 1. The van der Waals surface area contributed by atoms with Crippen LogP contribution in [-0.4, -0.2) is 41.0 Å². The Balaban J connectivity index is 1.86. The summed E-state index contributed by atoms with van der Waals surface area (Å²) in [5, 5.41) is 9.27. The summed E-state index contributed by atoms with van der Waals surface area (Å²) in [7, 11) is -2.35. The van der Waals surface area contributed by atoms with Gasteiger partial charge in [-0.3, -0.25) is 4.79 Å². The average Bonchev–Trinajstić information content (AvgIpc) is 3.12. The van der Waals surface area contributed by atoms with Crippen LogP contribution in [0.2, 0.25) is 0 Å². The number of hydrogen-bond acceptors (Lipinski definition) is 5. The minimum Gasteiger partial charge on any atom is -0.335 e. The number of halogens is 3. The van der Waals surface area contributed by atoms with Crippen LogP contribution in [-0.2, 0) is 16.2 Å². The maximum atomic E-state index is 13.1. The number of carbonyl (C=O) groups is 1. The van der Waals surface area contributed by atoms with Crippen molar-refractivity contribution in [3.63, 3.8) is 0 Å². The lowest BCUT2D eigenvalue weighted by molar-refractivity contribution is -0.137. The highest BCUT2D eigenvalue weighted by Gasteiger charge is 2.31. The fourth-order valence-corrected chi connectivity index (χ4v) is 3.64. The molecule has 2 aromatic heterocycles. The van der Waals surface area contributed by atoms with Crippen molar-refractivity contribution in [2.75, 3.05) is 7.05 Å². The van der Waals surface area contributed by atoms with E-state index in [1.807, 2.05) is 0 Å². The third kappa shape index (κ3) is 4.65. The number of hydrogen-bond donors (Lipinski definition) is 1. The number of rotatable bonds is 5. The van der Waals surface area contributed by atoms with Crippen LogP contribution >= 0.6 is 0 Å². The lowest BCUT2D eigenvalue weighted by atomic mass is 10.1. The molecule has 1 atom stereocenters. The fraction of sp³-hybridized carbons (Fsp3) is 0.250. The van der Waals surface area contributed by atoms with Gasteiger partial charge in [-0.2, -0.15) is 18.3 Å². The Kier molecular flexibility index (Phi) is 6.11. The summed E-state index contributed by atoms with van der Waals surface area (Å²) < 4.78 is 62.7. The van der Waals surface area contributed by atoms with Crippen LogP contribution in [0.5, 0.6) is 0 Å². The predicted molar refractivity (Wildman–Crippen MR) is 109 cm³/mol. The smallest absolute Gasteiger partial charge is 0.335 e. The van der Waals surface area contributed by atoms with Gasteiger partial charge in [0.1, 0.15) is 0 Å². The summed E-state index contributed by atoms with van der Waals surface area (Å²) >= 11 is 0. The first-order chi connectivity index (χ1) is 14.8. The molecule has 12 heteroatoms. The summed E-state index contributed by atoms with van der Waals surface area (Å²) in [4.78, 5) is 18.2. The van der Waals surface area contributed by atoms with Crippen LogP contribution in [0.15, 0.2) is 53.7 Å². The fourth-order valence-electron chi connectivity index (χ4n) is 3.07. The highest BCUT2D eigenvalue weighted by molar-refractivity contribution is 7.89. The van der Waals surface area contributed by atoms with Crippen LogP contribution in [0.3, 0.4) is 0 Å². The number of pyridine rings is 1. The highest BCUT2D eigenvalue weighted by atomic mass is 32.2. The highest BCUT2D eigenvalue weighted by Crippen LogP contribution is 2.29. The Morgan fingerprint density at radius 2 is 1.88 bits per heavy atom. The topological polar surface area (TPSA) is 111 Å². The van der Waals surface area contributed by atoms with Crippen molar-refractivity contribution in [2.45, 2.75) is 31.0 Å². The molecule has 0 saturated carbocycles. The summed E-state index contributed by atoms with van der Waals surface area (Å²) in [6.07, 6.45) is -2.50. The minimum absolute atomic E-state index is 0.0694. The zero-order chi connectivity index (χ0) is 23.8. The van der Waals surface area contributed by atoms with Gasteiger partial charge in [0.05, 0.1) is 34.0 Å². The van der Waals surface area contributed by atoms with E-state index in [-0.39, 0.29) is 16.3 Å². The molecule has 170 valence electrons. The Morgan fingerprint density at radius 1 is 1.19 bits per heavy atom. The quantitative estimate of drug-likeness (QED) is 0.620. The Bertz CT molecular complexity index is 1250. The minimum atomic E-state index is -4.51. The van der Waals surface area contributed by atoms with Gasteiger partial charge < -0.3 is 4.90 Å². The van der Waals surface area contributed by atoms with E-state index in [4.69, 9.17) is 5.14 Å². The largest absolute Gasteiger partial charge is 0.417 e. The molecule has 0 radical (unpaired) electrons. The maximum Gasteiger partial charge on any atom is 0.417 e. The molecule has 0 fully saturated rings. The van der Waals surface area contributed by atoms with E-state index >= 15 is 0 Å². The second-order valence-corrected chi connectivity index (χ2v) is 8.73. The zero-order valence-corrected chi connectivity index (χ0v) is 18.1. The third-order valence-corrected chi connectivity index (χ3v) is 6.01. The van der Waals surface area contributed by atoms with Crippen LogP contribution in [0, 0.1) is 6.92 Å². The monoisotopic (exact) mass is 467 g/mol. The summed E-state index contributed by atoms with van der Waals surface area (Å²) in [6, 6.07) is 7.51. The molecule has 0 saturated heterocycles.